The van der Waals surface area contributed by atoms with E-state index in [2.05, 4.69) is 122 Å². The molecule has 1 saturated heterocycles. The highest BCUT2D eigenvalue weighted by atomic mass is 16.7. The molecular formula is C46H46N2O4. The van der Waals surface area contributed by atoms with E-state index in [9.17, 15) is 9.90 Å². The Balaban J connectivity index is 1.11. The molecule has 264 valence electrons. The summed E-state index contributed by atoms with van der Waals surface area (Å²) in [6, 6.07) is 49.2. The summed E-state index contributed by atoms with van der Waals surface area (Å²) >= 11 is 0. The molecule has 1 fully saturated rings. The maximum atomic E-state index is 12.8. The zero-order chi connectivity index (χ0) is 36.0. The molecule has 0 unspecified atom stereocenters. The van der Waals surface area contributed by atoms with Crippen LogP contribution in [0.4, 0.5) is 0 Å². The molecule has 5 atom stereocenters. The van der Waals surface area contributed by atoms with Crippen LogP contribution >= 0.6 is 0 Å². The summed E-state index contributed by atoms with van der Waals surface area (Å²) in [5.41, 5.74) is 7.93. The SMILES string of the molecule is C[C@H]1[C@@H](CN(C)[C@H](C)c2ccc3ccccc3c2)O[C@@H](c2ccc(-c3ccccc3CNC(=O)c3ccccc3)cc2)O[C@H]1c1ccc(CO)cc1. The summed E-state index contributed by atoms with van der Waals surface area (Å²) < 4.78 is 13.6. The molecule has 0 aliphatic carbocycles. The Bertz CT molecular complexity index is 2100. The number of benzene rings is 6. The number of likely N-dealkylation sites (N-methyl/N-ethyl adjacent to an activating group) is 1. The topological polar surface area (TPSA) is 71.0 Å². The molecule has 1 heterocycles. The Kier molecular flexibility index (Phi) is 10.9. The number of ether oxygens (including phenoxy) is 2. The van der Waals surface area contributed by atoms with E-state index in [1.165, 1.54) is 16.3 Å². The van der Waals surface area contributed by atoms with Gasteiger partial charge in [0.05, 0.1) is 18.8 Å². The maximum absolute atomic E-state index is 12.8. The molecule has 1 amide bonds. The maximum Gasteiger partial charge on any atom is 0.251 e. The predicted molar refractivity (Wildman–Crippen MR) is 207 cm³/mol. The summed E-state index contributed by atoms with van der Waals surface area (Å²) in [7, 11) is 2.17. The first kappa shape index (κ1) is 35.3. The minimum Gasteiger partial charge on any atom is -0.392 e. The lowest BCUT2D eigenvalue weighted by Gasteiger charge is -2.43. The van der Waals surface area contributed by atoms with Crippen LogP contribution < -0.4 is 5.32 Å². The smallest absolute Gasteiger partial charge is 0.251 e. The number of fused-ring (bicyclic) bond motifs is 1. The molecule has 0 saturated carbocycles. The molecular weight excluding hydrogens is 645 g/mol. The summed E-state index contributed by atoms with van der Waals surface area (Å²) in [4.78, 5) is 15.1. The lowest BCUT2D eigenvalue weighted by Crippen LogP contribution is -2.44. The third kappa shape index (κ3) is 7.86. The normalized spacial score (nSPS) is 19.4. The lowest BCUT2D eigenvalue weighted by molar-refractivity contribution is -0.276. The summed E-state index contributed by atoms with van der Waals surface area (Å²) in [6.07, 6.45) is -0.875. The molecule has 6 aromatic rings. The van der Waals surface area contributed by atoms with Crippen LogP contribution in [0, 0.1) is 5.92 Å². The van der Waals surface area contributed by atoms with Gasteiger partial charge in [-0.3, -0.25) is 9.69 Å². The number of nitrogens with zero attached hydrogens (tertiary/aromatic N) is 1. The fourth-order valence-corrected chi connectivity index (χ4v) is 7.14. The van der Waals surface area contributed by atoms with Gasteiger partial charge in [-0.1, -0.05) is 134 Å². The lowest BCUT2D eigenvalue weighted by atomic mass is 9.89. The van der Waals surface area contributed by atoms with Gasteiger partial charge in [-0.25, -0.2) is 0 Å². The monoisotopic (exact) mass is 690 g/mol. The highest BCUT2D eigenvalue weighted by molar-refractivity contribution is 5.94. The van der Waals surface area contributed by atoms with Gasteiger partial charge < -0.3 is 19.9 Å². The minimum atomic E-state index is -0.567. The van der Waals surface area contributed by atoms with Gasteiger partial charge in [-0.15, -0.1) is 0 Å². The first-order valence-corrected chi connectivity index (χ1v) is 18.1. The second-order valence-electron chi connectivity index (χ2n) is 13.9. The first-order valence-electron chi connectivity index (χ1n) is 18.1. The quantitative estimate of drug-likeness (QED) is 0.142. The zero-order valence-electron chi connectivity index (χ0n) is 30.0. The molecule has 6 nitrogen and oxygen atoms in total. The van der Waals surface area contributed by atoms with Crippen molar-refractivity contribution >= 4 is 16.7 Å². The van der Waals surface area contributed by atoms with Gasteiger partial charge in [0.15, 0.2) is 6.29 Å². The van der Waals surface area contributed by atoms with Crippen molar-refractivity contribution in [2.45, 2.75) is 51.5 Å². The second-order valence-corrected chi connectivity index (χ2v) is 13.9. The molecule has 2 N–H and O–H groups in total. The van der Waals surface area contributed by atoms with E-state index < -0.39 is 6.29 Å². The van der Waals surface area contributed by atoms with Crippen molar-refractivity contribution in [3.05, 3.63) is 179 Å². The van der Waals surface area contributed by atoms with Crippen LogP contribution in [-0.2, 0) is 22.6 Å². The summed E-state index contributed by atoms with van der Waals surface area (Å²) in [5.74, 6) is -0.0290. The van der Waals surface area contributed by atoms with E-state index in [0.29, 0.717) is 12.1 Å². The van der Waals surface area contributed by atoms with Crippen LogP contribution in [0.3, 0.4) is 0 Å². The fourth-order valence-electron chi connectivity index (χ4n) is 7.14. The molecule has 0 aromatic heterocycles. The number of carbonyl (C=O) groups is 1. The van der Waals surface area contributed by atoms with Crippen LogP contribution in [0.25, 0.3) is 21.9 Å². The van der Waals surface area contributed by atoms with E-state index in [1.54, 1.807) is 0 Å². The van der Waals surface area contributed by atoms with Crippen molar-refractivity contribution in [3.8, 4) is 11.1 Å². The Morgan fingerprint density at radius 2 is 1.44 bits per heavy atom. The Morgan fingerprint density at radius 3 is 2.19 bits per heavy atom. The highest BCUT2D eigenvalue weighted by Crippen LogP contribution is 2.42. The Morgan fingerprint density at radius 1 is 0.769 bits per heavy atom. The van der Waals surface area contributed by atoms with Crippen molar-refractivity contribution in [1.82, 2.24) is 10.2 Å². The third-order valence-electron chi connectivity index (χ3n) is 10.5. The fraction of sp³-hybridized carbons (Fsp3) is 0.239. The molecule has 6 aromatic carbocycles. The Hall–Kier alpha value is -5.11. The van der Waals surface area contributed by atoms with Gasteiger partial charge in [-0.05, 0) is 76.3 Å². The van der Waals surface area contributed by atoms with Crippen molar-refractivity contribution in [2.24, 2.45) is 5.92 Å². The van der Waals surface area contributed by atoms with E-state index in [1.807, 2.05) is 54.6 Å². The molecule has 6 heteroatoms. The highest BCUT2D eigenvalue weighted by Gasteiger charge is 2.39. The minimum absolute atomic E-state index is 0.00203. The molecule has 1 aliphatic rings. The second kappa shape index (κ2) is 16.1. The van der Waals surface area contributed by atoms with Gasteiger partial charge in [0.2, 0.25) is 0 Å². The number of hydrogen-bond acceptors (Lipinski definition) is 5. The van der Waals surface area contributed by atoms with Crippen molar-refractivity contribution in [1.29, 1.82) is 0 Å². The number of nitrogens with one attached hydrogen (secondary N) is 1. The van der Waals surface area contributed by atoms with E-state index in [0.717, 1.165) is 39.9 Å². The predicted octanol–water partition coefficient (Wildman–Crippen LogP) is 9.41. The van der Waals surface area contributed by atoms with E-state index in [4.69, 9.17) is 9.47 Å². The van der Waals surface area contributed by atoms with Gasteiger partial charge in [0, 0.05) is 36.2 Å². The van der Waals surface area contributed by atoms with E-state index in [-0.39, 0.29) is 36.7 Å². The molecule has 52 heavy (non-hydrogen) atoms. The van der Waals surface area contributed by atoms with Crippen LogP contribution in [0.1, 0.15) is 70.5 Å². The summed E-state index contributed by atoms with van der Waals surface area (Å²) in [5, 5.41) is 15.2. The van der Waals surface area contributed by atoms with Crippen molar-refractivity contribution in [3.63, 3.8) is 0 Å². The molecule has 0 radical (unpaired) electrons. The molecule has 0 bridgehead atoms. The Labute approximate surface area is 306 Å². The standard InChI is InChI=1S/C46H46N2O4/c1-31-43(29-48(3)32(2)39-26-21-34-11-7-8-14-40(34)27-39)51-46(52-44(31)36-19-17-33(30-49)18-20-36)38-24-22-35(23-25-38)42-16-10-9-15-41(42)28-47-45(50)37-12-5-4-6-13-37/h4-27,31-32,43-44,46,49H,28-30H2,1-3H3,(H,47,50)/t31-,32+,43+,44+,46+/m0/s1. The number of carbonyl (C=O) groups excluding carboxylic acids is 1. The number of rotatable bonds is 11. The van der Waals surface area contributed by atoms with Crippen LogP contribution in [0.15, 0.2) is 146 Å². The van der Waals surface area contributed by atoms with E-state index >= 15 is 0 Å². The number of aliphatic hydroxyl groups excluding tert-OH is 1. The average molecular weight is 691 g/mol. The number of hydrogen-bond donors (Lipinski definition) is 2. The van der Waals surface area contributed by atoms with Gasteiger partial charge in [0.1, 0.15) is 0 Å². The molecule has 7 rings (SSSR count). The number of amides is 1. The van der Waals surface area contributed by atoms with Gasteiger partial charge in [-0.2, -0.15) is 0 Å². The van der Waals surface area contributed by atoms with Crippen LogP contribution in [0.2, 0.25) is 0 Å². The third-order valence-corrected chi connectivity index (χ3v) is 10.5. The zero-order valence-corrected chi connectivity index (χ0v) is 30.0. The van der Waals surface area contributed by atoms with Crippen molar-refractivity contribution < 1.29 is 19.4 Å². The largest absolute Gasteiger partial charge is 0.392 e. The first-order chi connectivity index (χ1) is 25.4. The molecule has 1 aliphatic heterocycles. The number of aliphatic hydroxyl groups is 1. The van der Waals surface area contributed by atoms with Crippen LogP contribution in [-0.4, -0.2) is 35.6 Å². The average Bonchev–Trinajstić information content (AvgIpc) is 3.20. The van der Waals surface area contributed by atoms with Crippen molar-refractivity contribution in [2.75, 3.05) is 13.6 Å². The summed E-state index contributed by atoms with van der Waals surface area (Å²) in [6.45, 7) is 5.60. The van der Waals surface area contributed by atoms with Gasteiger partial charge in [0.25, 0.3) is 5.91 Å². The van der Waals surface area contributed by atoms with Crippen LogP contribution in [0.5, 0.6) is 0 Å². The molecule has 0 spiro atoms. The van der Waals surface area contributed by atoms with Gasteiger partial charge >= 0.3 is 0 Å².